The Morgan fingerprint density at radius 2 is 2.00 bits per heavy atom. The van der Waals surface area contributed by atoms with Gasteiger partial charge < -0.3 is 5.32 Å². The molecule has 0 aliphatic heterocycles. The lowest BCUT2D eigenvalue weighted by Crippen LogP contribution is -2.17. The maximum Gasteiger partial charge on any atom is 0.0431 e. The number of halogens is 1. The van der Waals surface area contributed by atoms with E-state index in [1.165, 1.54) is 11.1 Å². The van der Waals surface area contributed by atoms with Gasteiger partial charge in [0.05, 0.1) is 0 Å². The molecule has 1 N–H and O–H groups in total. The largest absolute Gasteiger partial charge is 0.312 e. The molecular formula is C16H22ClN. The Balaban J connectivity index is 2.89. The van der Waals surface area contributed by atoms with Crippen molar-refractivity contribution in [3.8, 4) is 11.8 Å². The van der Waals surface area contributed by atoms with Gasteiger partial charge in [0.2, 0.25) is 0 Å². The molecule has 18 heavy (non-hydrogen) atoms. The molecule has 98 valence electrons. The second kappa shape index (κ2) is 6.27. The van der Waals surface area contributed by atoms with Crippen molar-refractivity contribution in [2.24, 2.45) is 5.41 Å². The summed E-state index contributed by atoms with van der Waals surface area (Å²) in [5.74, 6) is 6.53. The van der Waals surface area contributed by atoms with Crippen LogP contribution in [0.5, 0.6) is 0 Å². The number of aryl methyl sites for hydroxylation is 1. The first-order valence-electron chi connectivity index (χ1n) is 6.27. The highest BCUT2D eigenvalue weighted by Crippen LogP contribution is 2.24. The van der Waals surface area contributed by atoms with E-state index in [0.29, 0.717) is 0 Å². The fourth-order valence-corrected chi connectivity index (χ4v) is 1.95. The van der Waals surface area contributed by atoms with E-state index < -0.39 is 0 Å². The fourth-order valence-electron chi connectivity index (χ4n) is 1.77. The molecule has 0 bridgehead atoms. The first-order chi connectivity index (χ1) is 8.33. The smallest absolute Gasteiger partial charge is 0.0431 e. The molecule has 0 fully saturated rings. The zero-order chi connectivity index (χ0) is 13.8. The maximum atomic E-state index is 6.06. The minimum atomic E-state index is 0.0572. The van der Waals surface area contributed by atoms with Crippen molar-refractivity contribution in [3.05, 3.63) is 34.3 Å². The van der Waals surface area contributed by atoms with Gasteiger partial charge in [0.1, 0.15) is 0 Å². The number of rotatable bonds is 3. The standard InChI is InChI=1S/C16H22ClN/c1-12-8-9-13(17)11-14(12)15(18-5)7-6-10-16(2,3)4/h8-9,11,15,18H,7H2,1-5H3. The van der Waals surface area contributed by atoms with Crippen molar-refractivity contribution in [2.75, 3.05) is 7.05 Å². The van der Waals surface area contributed by atoms with Crippen LogP contribution in [-0.2, 0) is 0 Å². The summed E-state index contributed by atoms with van der Waals surface area (Å²) in [6.45, 7) is 8.48. The van der Waals surface area contributed by atoms with Crippen LogP contribution in [0.25, 0.3) is 0 Å². The SMILES string of the molecule is CNC(CC#CC(C)(C)C)c1cc(Cl)ccc1C. The molecule has 1 aromatic rings. The fraction of sp³-hybridized carbons (Fsp3) is 0.500. The van der Waals surface area contributed by atoms with Crippen molar-refractivity contribution in [2.45, 2.75) is 40.2 Å². The summed E-state index contributed by atoms with van der Waals surface area (Å²) in [7, 11) is 1.96. The zero-order valence-electron chi connectivity index (χ0n) is 11.9. The van der Waals surface area contributed by atoms with Gasteiger partial charge in [-0.3, -0.25) is 0 Å². The monoisotopic (exact) mass is 263 g/mol. The van der Waals surface area contributed by atoms with E-state index in [1.54, 1.807) is 0 Å². The maximum absolute atomic E-state index is 6.06. The second-order valence-corrected chi connectivity index (χ2v) is 6.03. The summed E-state index contributed by atoms with van der Waals surface area (Å²) in [4.78, 5) is 0. The molecule has 1 nitrogen and oxygen atoms in total. The molecule has 0 heterocycles. The summed E-state index contributed by atoms with van der Waals surface area (Å²) in [6.07, 6.45) is 0.801. The molecule has 0 aliphatic rings. The molecule has 0 saturated heterocycles. The molecule has 0 spiro atoms. The predicted molar refractivity (Wildman–Crippen MR) is 79.8 cm³/mol. The quantitative estimate of drug-likeness (QED) is 0.800. The molecular weight excluding hydrogens is 242 g/mol. The minimum absolute atomic E-state index is 0.0572. The molecule has 1 rings (SSSR count). The summed E-state index contributed by atoms with van der Waals surface area (Å²) >= 11 is 6.06. The normalized spacial score (nSPS) is 12.8. The summed E-state index contributed by atoms with van der Waals surface area (Å²) in [5, 5.41) is 4.09. The van der Waals surface area contributed by atoms with Crippen molar-refractivity contribution < 1.29 is 0 Å². The molecule has 2 heteroatoms. The first kappa shape index (κ1) is 15.1. The number of hydrogen-bond donors (Lipinski definition) is 1. The Hall–Kier alpha value is -0.970. The third kappa shape index (κ3) is 4.72. The Bertz CT molecular complexity index is 460. The van der Waals surface area contributed by atoms with Crippen LogP contribution in [0.1, 0.15) is 44.4 Å². The summed E-state index contributed by atoms with van der Waals surface area (Å²) < 4.78 is 0. The topological polar surface area (TPSA) is 12.0 Å². The van der Waals surface area contributed by atoms with E-state index in [0.717, 1.165) is 11.4 Å². The lowest BCUT2D eigenvalue weighted by Gasteiger charge is -2.17. The van der Waals surface area contributed by atoms with E-state index in [-0.39, 0.29) is 11.5 Å². The van der Waals surface area contributed by atoms with Gasteiger partial charge in [-0.25, -0.2) is 0 Å². The van der Waals surface area contributed by atoms with E-state index in [4.69, 9.17) is 11.6 Å². The third-order valence-corrected chi connectivity index (χ3v) is 2.97. The van der Waals surface area contributed by atoms with Gasteiger partial charge in [-0.15, -0.1) is 5.92 Å². The molecule has 0 saturated carbocycles. The van der Waals surface area contributed by atoms with Crippen molar-refractivity contribution in [3.63, 3.8) is 0 Å². The first-order valence-corrected chi connectivity index (χ1v) is 6.64. The Labute approximate surface area is 116 Å². The van der Waals surface area contributed by atoms with Gasteiger partial charge in [-0.05, 0) is 58.0 Å². The molecule has 0 aromatic heterocycles. The van der Waals surface area contributed by atoms with Crippen LogP contribution in [0.3, 0.4) is 0 Å². The van der Waals surface area contributed by atoms with Crippen LogP contribution < -0.4 is 5.32 Å². The number of hydrogen-bond acceptors (Lipinski definition) is 1. The van der Waals surface area contributed by atoms with E-state index >= 15 is 0 Å². The Morgan fingerprint density at radius 1 is 1.33 bits per heavy atom. The molecule has 1 aromatic carbocycles. The Kier molecular flexibility index (Phi) is 5.26. The van der Waals surface area contributed by atoms with E-state index in [2.05, 4.69) is 50.9 Å². The number of benzene rings is 1. The molecule has 1 atom stereocenters. The van der Waals surface area contributed by atoms with Crippen molar-refractivity contribution in [1.29, 1.82) is 0 Å². The third-order valence-electron chi connectivity index (χ3n) is 2.73. The van der Waals surface area contributed by atoms with Gasteiger partial charge in [0, 0.05) is 22.9 Å². The van der Waals surface area contributed by atoms with Gasteiger partial charge >= 0.3 is 0 Å². The summed E-state index contributed by atoms with van der Waals surface area (Å²) in [6, 6.07) is 6.24. The van der Waals surface area contributed by atoms with Crippen LogP contribution in [0.2, 0.25) is 5.02 Å². The Morgan fingerprint density at radius 3 is 2.56 bits per heavy atom. The van der Waals surface area contributed by atoms with Crippen LogP contribution in [-0.4, -0.2) is 7.05 Å². The van der Waals surface area contributed by atoms with Crippen LogP contribution in [0.15, 0.2) is 18.2 Å². The van der Waals surface area contributed by atoms with Crippen LogP contribution >= 0.6 is 11.6 Å². The second-order valence-electron chi connectivity index (χ2n) is 5.60. The average Bonchev–Trinajstić information content (AvgIpc) is 2.27. The van der Waals surface area contributed by atoms with Gasteiger partial charge in [0.25, 0.3) is 0 Å². The molecule has 0 aliphatic carbocycles. The summed E-state index contributed by atoms with van der Waals surface area (Å²) in [5.41, 5.74) is 2.53. The number of nitrogens with one attached hydrogen (secondary N) is 1. The molecule has 1 unspecified atom stereocenters. The van der Waals surface area contributed by atoms with Crippen LogP contribution in [0, 0.1) is 24.2 Å². The van der Waals surface area contributed by atoms with Gasteiger partial charge in [-0.2, -0.15) is 0 Å². The van der Waals surface area contributed by atoms with E-state index in [1.807, 2.05) is 19.2 Å². The van der Waals surface area contributed by atoms with E-state index in [9.17, 15) is 0 Å². The highest BCUT2D eigenvalue weighted by Gasteiger charge is 2.11. The highest BCUT2D eigenvalue weighted by molar-refractivity contribution is 6.30. The lowest BCUT2D eigenvalue weighted by molar-refractivity contribution is 0.565. The van der Waals surface area contributed by atoms with Crippen molar-refractivity contribution in [1.82, 2.24) is 5.32 Å². The lowest BCUT2D eigenvalue weighted by atomic mass is 9.95. The highest BCUT2D eigenvalue weighted by atomic mass is 35.5. The molecule has 0 amide bonds. The van der Waals surface area contributed by atoms with Crippen molar-refractivity contribution >= 4 is 11.6 Å². The average molecular weight is 264 g/mol. The van der Waals surface area contributed by atoms with Gasteiger partial charge in [0.15, 0.2) is 0 Å². The zero-order valence-corrected chi connectivity index (χ0v) is 12.7. The predicted octanol–water partition coefficient (Wildman–Crippen LogP) is 4.35. The minimum Gasteiger partial charge on any atom is -0.312 e. The molecule has 0 radical (unpaired) electrons. The van der Waals surface area contributed by atoms with Gasteiger partial charge in [-0.1, -0.05) is 23.6 Å². The van der Waals surface area contributed by atoms with Crippen LogP contribution in [0.4, 0.5) is 0 Å².